The molecule has 3 rings (SSSR count). The number of amides is 1. The van der Waals surface area contributed by atoms with Gasteiger partial charge in [-0.2, -0.15) is 0 Å². The summed E-state index contributed by atoms with van der Waals surface area (Å²) in [5.41, 5.74) is 1.25. The zero-order valence-electron chi connectivity index (χ0n) is 14.2. The lowest BCUT2D eigenvalue weighted by atomic mass is 10.2. The standard InChI is InChI=1S/C18H14ClIN2O4S/c1-25-13-4-3-10(19)8-12(13)21-18-22-17(24)15(27-18)7-9-5-11(20)16(23)14(6-9)26-2/h3-8,23H,1-2H3,(H,21,22,24)/b15-7-. The van der Waals surface area contributed by atoms with Crippen LogP contribution in [0.4, 0.5) is 5.69 Å². The summed E-state index contributed by atoms with van der Waals surface area (Å²) in [6.45, 7) is 0. The molecule has 0 unspecified atom stereocenters. The minimum absolute atomic E-state index is 0.0686. The molecular weight excluding hydrogens is 503 g/mol. The number of nitrogens with zero attached hydrogens (tertiary/aromatic N) is 1. The van der Waals surface area contributed by atoms with E-state index in [9.17, 15) is 9.90 Å². The molecular formula is C18H14ClIN2O4S. The summed E-state index contributed by atoms with van der Waals surface area (Å²) < 4.78 is 11.0. The van der Waals surface area contributed by atoms with E-state index in [4.69, 9.17) is 21.1 Å². The molecule has 1 amide bonds. The van der Waals surface area contributed by atoms with Gasteiger partial charge in [0, 0.05) is 5.02 Å². The zero-order chi connectivity index (χ0) is 19.6. The molecule has 0 radical (unpaired) electrons. The molecule has 2 aromatic carbocycles. The molecule has 1 fully saturated rings. The van der Waals surface area contributed by atoms with Crippen molar-refractivity contribution in [1.82, 2.24) is 5.32 Å². The first-order chi connectivity index (χ1) is 12.9. The number of halogens is 2. The van der Waals surface area contributed by atoms with Crippen molar-refractivity contribution in [2.45, 2.75) is 0 Å². The van der Waals surface area contributed by atoms with Crippen molar-refractivity contribution in [1.29, 1.82) is 0 Å². The summed E-state index contributed by atoms with van der Waals surface area (Å²) >= 11 is 9.22. The molecule has 6 nitrogen and oxygen atoms in total. The van der Waals surface area contributed by atoms with E-state index in [-0.39, 0.29) is 11.7 Å². The lowest BCUT2D eigenvalue weighted by Crippen LogP contribution is -2.19. The van der Waals surface area contributed by atoms with E-state index in [0.29, 0.717) is 35.9 Å². The van der Waals surface area contributed by atoms with E-state index in [1.165, 1.54) is 18.9 Å². The maximum absolute atomic E-state index is 12.3. The Morgan fingerprint density at radius 3 is 2.67 bits per heavy atom. The third-order valence-corrected chi connectivity index (χ3v) is 5.55. The van der Waals surface area contributed by atoms with Crippen molar-refractivity contribution in [3.05, 3.63) is 49.4 Å². The Hall–Kier alpha value is -1.91. The Labute approximate surface area is 178 Å². The number of hydrogen-bond donors (Lipinski definition) is 2. The van der Waals surface area contributed by atoms with Crippen LogP contribution in [0.15, 0.2) is 40.2 Å². The van der Waals surface area contributed by atoms with Crippen molar-refractivity contribution < 1.29 is 19.4 Å². The van der Waals surface area contributed by atoms with Gasteiger partial charge in [-0.1, -0.05) is 11.6 Å². The molecule has 0 saturated carbocycles. The van der Waals surface area contributed by atoms with E-state index in [0.717, 1.165) is 5.56 Å². The highest BCUT2D eigenvalue weighted by Gasteiger charge is 2.24. The van der Waals surface area contributed by atoms with Crippen LogP contribution in [-0.4, -0.2) is 30.4 Å². The van der Waals surface area contributed by atoms with Crippen LogP contribution in [0.3, 0.4) is 0 Å². The summed E-state index contributed by atoms with van der Waals surface area (Å²) in [5, 5.41) is 13.6. The summed E-state index contributed by atoms with van der Waals surface area (Å²) in [4.78, 5) is 17.2. The van der Waals surface area contributed by atoms with Gasteiger partial charge in [0.2, 0.25) is 0 Å². The largest absolute Gasteiger partial charge is 0.504 e. The zero-order valence-corrected chi connectivity index (χ0v) is 18.0. The Balaban J connectivity index is 1.91. The minimum Gasteiger partial charge on any atom is -0.504 e. The lowest BCUT2D eigenvalue weighted by molar-refractivity contribution is -0.115. The van der Waals surface area contributed by atoms with Crippen LogP contribution in [0.1, 0.15) is 5.56 Å². The fraction of sp³-hybridized carbons (Fsp3) is 0.111. The third-order valence-electron chi connectivity index (χ3n) is 3.58. The molecule has 27 heavy (non-hydrogen) atoms. The summed E-state index contributed by atoms with van der Waals surface area (Å²) in [7, 11) is 3.01. The van der Waals surface area contributed by atoms with Gasteiger partial charge in [0.15, 0.2) is 16.7 Å². The molecule has 0 aromatic heterocycles. The fourth-order valence-electron chi connectivity index (χ4n) is 2.32. The van der Waals surface area contributed by atoms with E-state index in [1.54, 1.807) is 43.5 Å². The van der Waals surface area contributed by atoms with Gasteiger partial charge in [-0.25, -0.2) is 4.99 Å². The molecule has 140 valence electrons. The smallest absolute Gasteiger partial charge is 0.264 e. The van der Waals surface area contributed by atoms with Crippen LogP contribution in [0, 0.1) is 3.57 Å². The monoisotopic (exact) mass is 516 g/mol. The maximum Gasteiger partial charge on any atom is 0.264 e. The fourth-order valence-corrected chi connectivity index (χ4v) is 3.95. The number of ether oxygens (including phenoxy) is 2. The lowest BCUT2D eigenvalue weighted by Gasteiger charge is -2.06. The first kappa shape index (κ1) is 19.8. The second-order valence-corrected chi connectivity index (χ2v) is 7.98. The van der Waals surface area contributed by atoms with Crippen LogP contribution in [0.5, 0.6) is 17.2 Å². The van der Waals surface area contributed by atoms with Crippen molar-refractivity contribution in [2.24, 2.45) is 4.99 Å². The van der Waals surface area contributed by atoms with Crippen LogP contribution in [0.25, 0.3) is 6.08 Å². The normalized spacial score (nSPS) is 16.7. The summed E-state index contributed by atoms with van der Waals surface area (Å²) in [6, 6.07) is 8.50. The first-order valence-corrected chi connectivity index (χ1v) is 9.88. The van der Waals surface area contributed by atoms with E-state index in [2.05, 4.69) is 10.3 Å². The SMILES string of the molecule is COc1ccc(Cl)cc1N=C1NC(=O)/C(=C/c2cc(I)c(O)c(OC)c2)S1. The second kappa shape index (κ2) is 8.41. The van der Waals surface area contributed by atoms with Gasteiger partial charge in [-0.3, -0.25) is 4.79 Å². The van der Waals surface area contributed by atoms with Crippen molar-refractivity contribution in [3.8, 4) is 17.2 Å². The third kappa shape index (κ3) is 4.50. The Bertz CT molecular complexity index is 978. The predicted octanol–water partition coefficient (Wildman–Crippen LogP) is 4.56. The number of aromatic hydroxyl groups is 1. The minimum atomic E-state index is -0.262. The van der Waals surface area contributed by atoms with Gasteiger partial charge >= 0.3 is 0 Å². The molecule has 0 atom stereocenters. The highest BCUT2D eigenvalue weighted by atomic mass is 127. The predicted molar refractivity (Wildman–Crippen MR) is 116 cm³/mol. The number of hydrogen-bond acceptors (Lipinski definition) is 6. The number of amidine groups is 1. The summed E-state index contributed by atoms with van der Waals surface area (Å²) in [6.07, 6.45) is 1.71. The number of carbonyl (C=O) groups is 1. The van der Waals surface area contributed by atoms with E-state index in [1.807, 2.05) is 22.6 Å². The van der Waals surface area contributed by atoms with Crippen molar-refractivity contribution in [2.75, 3.05) is 14.2 Å². The molecule has 1 aliphatic heterocycles. The number of aliphatic imine (C=N–C) groups is 1. The molecule has 0 spiro atoms. The maximum atomic E-state index is 12.3. The van der Waals surface area contributed by atoms with Crippen molar-refractivity contribution in [3.63, 3.8) is 0 Å². The number of thioether (sulfide) groups is 1. The molecule has 1 saturated heterocycles. The second-order valence-electron chi connectivity index (χ2n) is 5.35. The molecule has 0 bridgehead atoms. The average Bonchev–Trinajstić information content (AvgIpc) is 2.97. The van der Waals surface area contributed by atoms with E-state index < -0.39 is 0 Å². The number of methoxy groups -OCH3 is 2. The highest BCUT2D eigenvalue weighted by Crippen LogP contribution is 2.36. The highest BCUT2D eigenvalue weighted by molar-refractivity contribution is 14.1. The topological polar surface area (TPSA) is 80.2 Å². The number of phenolic OH excluding ortho intramolecular Hbond substituents is 1. The number of benzene rings is 2. The van der Waals surface area contributed by atoms with Crippen LogP contribution >= 0.6 is 46.0 Å². The number of rotatable bonds is 4. The van der Waals surface area contributed by atoms with Gasteiger partial charge in [0.05, 0.1) is 22.7 Å². The first-order valence-electron chi connectivity index (χ1n) is 7.61. The van der Waals surface area contributed by atoms with Gasteiger partial charge in [0.1, 0.15) is 11.4 Å². The molecule has 1 heterocycles. The van der Waals surface area contributed by atoms with Crippen molar-refractivity contribution >= 4 is 68.8 Å². The number of phenols is 1. The Kier molecular flexibility index (Phi) is 6.18. The molecule has 0 aliphatic carbocycles. The van der Waals surface area contributed by atoms with Crippen LogP contribution in [-0.2, 0) is 4.79 Å². The van der Waals surface area contributed by atoms with Gasteiger partial charge in [0.25, 0.3) is 5.91 Å². The van der Waals surface area contributed by atoms with Crippen LogP contribution < -0.4 is 14.8 Å². The molecule has 1 aliphatic rings. The van der Waals surface area contributed by atoms with Gasteiger partial charge in [-0.05, 0) is 76.3 Å². The van der Waals surface area contributed by atoms with Gasteiger partial charge in [-0.15, -0.1) is 0 Å². The Morgan fingerprint density at radius 1 is 1.22 bits per heavy atom. The Morgan fingerprint density at radius 2 is 1.96 bits per heavy atom. The number of carbonyl (C=O) groups excluding carboxylic acids is 1. The quantitative estimate of drug-likeness (QED) is 0.460. The van der Waals surface area contributed by atoms with E-state index >= 15 is 0 Å². The summed E-state index contributed by atoms with van der Waals surface area (Å²) in [5.74, 6) is 0.701. The van der Waals surface area contributed by atoms with Crippen LogP contribution in [0.2, 0.25) is 5.02 Å². The molecule has 2 aromatic rings. The van der Waals surface area contributed by atoms with Gasteiger partial charge < -0.3 is 19.9 Å². The number of nitrogens with one attached hydrogen (secondary N) is 1. The average molecular weight is 517 g/mol. The molecule has 9 heteroatoms. The molecule has 2 N–H and O–H groups in total.